The van der Waals surface area contributed by atoms with Crippen LogP contribution < -0.4 is 11.1 Å². The number of anilines is 2. The number of rotatable bonds is 4. The molecule has 0 saturated heterocycles. The standard InChI is InChI=1S/C17H16F2N2O3/c1-9-4-3-5-12(15(9)20)17(23)24-10(2)16(22)21-14-8-11(18)6-7-13(14)19/h3-8,10H,20H2,1-2H3,(H,21,22)/t10-/m0/s1. The van der Waals surface area contributed by atoms with Crippen molar-refractivity contribution in [3.05, 3.63) is 59.2 Å². The molecule has 2 aromatic rings. The molecule has 0 aliphatic heterocycles. The highest BCUT2D eigenvalue weighted by atomic mass is 19.1. The lowest BCUT2D eigenvalue weighted by atomic mass is 10.1. The molecule has 0 heterocycles. The summed E-state index contributed by atoms with van der Waals surface area (Å²) in [6.45, 7) is 3.05. The van der Waals surface area contributed by atoms with E-state index < -0.39 is 29.6 Å². The van der Waals surface area contributed by atoms with Gasteiger partial charge in [0, 0.05) is 11.8 Å². The van der Waals surface area contributed by atoms with E-state index in [4.69, 9.17) is 10.5 Å². The molecule has 0 saturated carbocycles. The molecule has 0 aliphatic rings. The first-order chi connectivity index (χ1) is 11.3. The Bertz CT molecular complexity index is 793. The number of nitrogens with one attached hydrogen (secondary N) is 1. The van der Waals surface area contributed by atoms with Crippen molar-refractivity contribution in [3.63, 3.8) is 0 Å². The van der Waals surface area contributed by atoms with Crippen LogP contribution in [-0.2, 0) is 9.53 Å². The third kappa shape index (κ3) is 3.87. The summed E-state index contributed by atoms with van der Waals surface area (Å²) in [5, 5.41) is 2.17. The summed E-state index contributed by atoms with van der Waals surface area (Å²) in [6, 6.07) is 7.48. The number of ether oxygens (including phenoxy) is 1. The predicted molar refractivity (Wildman–Crippen MR) is 85.5 cm³/mol. The van der Waals surface area contributed by atoms with Crippen LogP contribution in [0.4, 0.5) is 20.2 Å². The number of nitrogens with two attached hydrogens (primary N) is 1. The first-order valence-corrected chi connectivity index (χ1v) is 7.11. The highest BCUT2D eigenvalue weighted by molar-refractivity contribution is 5.99. The van der Waals surface area contributed by atoms with E-state index in [0.29, 0.717) is 5.56 Å². The highest BCUT2D eigenvalue weighted by Gasteiger charge is 2.21. The Kier molecular flexibility index (Phi) is 5.13. The van der Waals surface area contributed by atoms with Crippen LogP contribution in [0.5, 0.6) is 0 Å². The molecule has 0 radical (unpaired) electrons. The van der Waals surface area contributed by atoms with Gasteiger partial charge < -0.3 is 15.8 Å². The van der Waals surface area contributed by atoms with Gasteiger partial charge in [0.25, 0.3) is 5.91 Å². The van der Waals surface area contributed by atoms with E-state index in [0.717, 1.165) is 18.2 Å². The van der Waals surface area contributed by atoms with Crippen molar-refractivity contribution in [1.29, 1.82) is 0 Å². The van der Waals surface area contributed by atoms with Crippen LogP contribution in [0, 0.1) is 18.6 Å². The average Bonchev–Trinajstić information content (AvgIpc) is 2.53. The third-order valence-corrected chi connectivity index (χ3v) is 3.38. The number of amides is 1. The Morgan fingerprint density at radius 2 is 1.92 bits per heavy atom. The van der Waals surface area contributed by atoms with Gasteiger partial charge in [0.1, 0.15) is 11.6 Å². The number of halogens is 2. The fourth-order valence-corrected chi connectivity index (χ4v) is 1.96. The van der Waals surface area contributed by atoms with Crippen LogP contribution in [0.1, 0.15) is 22.8 Å². The molecule has 0 unspecified atom stereocenters. The smallest absolute Gasteiger partial charge is 0.341 e. The summed E-state index contributed by atoms with van der Waals surface area (Å²) in [4.78, 5) is 24.1. The number of esters is 1. The second kappa shape index (κ2) is 7.08. The second-order valence-electron chi connectivity index (χ2n) is 5.20. The Morgan fingerprint density at radius 3 is 2.62 bits per heavy atom. The molecule has 0 aromatic heterocycles. The van der Waals surface area contributed by atoms with Crippen molar-refractivity contribution in [3.8, 4) is 0 Å². The maximum absolute atomic E-state index is 13.5. The molecule has 0 spiro atoms. The molecule has 2 rings (SSSR count). The minimum atomic E-state index is -1.22. The Morgan fingerprint density at radius 1 is 1.21 bits per heavy atom. The maximum atomic E-state index is 13.5. The van der Waals surface area contributed by atoms with Crippen molar-refractivity contribution in [2.45, 2.75) is 20.0 Å². The Labute approximate surface area is 137 Å². The summed E-state index contributed by atoms with van der Waals surface area (Å²) >= 11 is 0. The quantitative estimate of drug-likeness (QED) is 0.665. The summed E-state index contributed by atoms with van der Waals surface area (Å²) in [5.41, 5.74) is 6.55. The molecule has 2 aromatic carbocycles. The van der Waals surface area contributed by atoms with Crippen LogP contribution in [0.15, 0.2) is 36.4 Å². The SMILES string of the molecule is Cc1cccc(C(=O)O[C@@H](C)C(=O)Nc2cc(F)ccc2F)c1N. The fraction of sp³-hybridized carbons (Fsp3) is 0.176. The first kappa shape index (κ1) is 17.4. The van der Waals surface area contributed by atoms with Crippen LogP contribution in [-0.4, -0.2) is 18.0 Å². The van der Waals surface area contributed by atoms with E-state index in [1.165, 1.54) is 13.0 Å². The summed E-state index contributed by atoms with van der Waals surface area (Å²) in [6.07, 6.45) is -1.22. The molecule has 5 nitrogen and oxygen atoms in total. The Hall–Kier alpha value is -2.96. The van der Waals surface area contributed by atoms with Gasteiger partial charge in [-0.1, -0.05) is 12.1 Å². The minimum absolute atomic E-state index is 0.131. The normalized spacial score (nSPS) is 11.7. The van der Waals surface area contributed by atoms with Gasteiger partial charge in [-0.25, -0.2) is 13.6 Å². The number of hydrogen-bond donors (Lipinski definition) is 2. The molecular weight excluding hydrogens is 318 g/mol. The van der Waals surface area contributed by atoms with Gasteiger partial charge >= 0.3 is 5.97 Å². The van der Waals surface area contributed by atoms with E-state index in [-0.39, 0.29) is 16.9 Å². The lowest BCUT2D eigenvalue weighted by Gasteiger charge is -2.15. The van der Waals surface area contributed by atoms with Gasteiger partial charge in [0.2, 0.25) is 0 Å². The average molecular weight is 334 g/mol. The van der Waals surface area contributed by atoms with Gasteiger partial charge in [-0.15, -0.1) is 0 Å². The van der Waals surface area contributed by atoms with Crippen molar-refractivity contribution in [2.24, 2.45) is 0 Å². The van der Waals surface area contributed by atoms with Gasteiger partial charge in [-0.3, -0.25) is 4.79 Å². The lowest BCUT2D eigenvalue weighted by molar-refractivity contribution is -0.123. The van der Waals surface area contributed by atoms with Crippen LogP contribution in [0.3, 0.4) is 0 Å². The summed E-state index contributed by atoms with van der Waals surface area (Å²) < 4.78 is 31.6. The predicted octanol–water partition coefficient (Wildman–Crippen LogP) is 3.04. The molecule has 7 heteroatoms. The first-order valence-electron chi connectivity index (χ1n) is 7.11. The lowest BCUT2D eigenvalue weighted by Crippen LogP contribution is -2.30. The monoisotopic (exact) mass is 334 g/mol. The van der Waals surface area contributed by atoms with E-state index in [1.54, 1.807) is 19.1 Å². The number of para-hydroxylation sites is 1. The fourth-order valence-electron chi connectivity index (χ4n) is 1.96. The Balaban J connectivity index is 2.07. The van der Waals surface area contributed by atoms with Crippen LogP contribution in [0.25, 0.3) is 0 Å². The van der Waals surface area contributed by atoms with Gasteiger partial charge in [0.05, 0.1) is 11.3 Å². The largest absolute Gasteiger partial charge is 0.449 e. The van der Waals surface area contributed by atoms with Crippen molar-refractivity contribution >= 4 is 23.3 Å². The van der Waals surface area contributed by atoms with Crippen LogP contribution in [0.2, 0.25) is 0 Å². The molecular formula is C17H16F2N2O3. The van der Waals surface area contributed by atoms with E-state index in [2.05, 4.69) is 5.32 Å². The number of hydrogen-bond acceptors (Lipinski definition) is 4. The van der Waals surface area contributed by atoms with Crippen molar-refractivity contribution in [2.75, 3.05) is 11.1 Å². The van der Waals surface area contributed by atoms with Gasteiger partial charge in [-0.05, 0) is 37.6 Å². The molecule has 1 atom stereocenters. The molecule has 1 amide bonds. The molecule has 0 fully saturated rings. The van der Waals surface area contributed by atoms with Crippen molar-refractivity contribution in [1.82, 2.24) is 0 Å². The van der Waals surface area contributed by atoms with Gasteiger partial charge in [-0.2, -0.15) is 0 Å². The zero-order valence-electron chi connectivity index (χ0n) is 13.1. The zero-order valence-corrected chi connectivity index (χ0v) is 13.1. The number of benzene rings is 2. The second-order valence-corrected chi connectivity index (χ2v) is 5.20. The summed E-state index contributed by atoms with van der Waals surface area (Å²) in [5.74, 6) is -3.08. The van der Waals surface area contributed by atoms with Crippen LogP contribution >= 0.6 is 0 Å². The zero-order chi connectivity index (χ0) is 17.9. The maximum Gasteiger partial charge on any atom is 0.341 e. The molecule has 3 N–H and O–H groups in total. The molecule has 126 valence electrons. The van der Waals surface area contributed by atoms with E-state index >= 15 is 0 Å². The molecule has 0 bridgehead atoms. The minimum Gasteiger partial charge on any atom is -0.449 e. The number of aryl methyl sites for hydroxylation is 1. The molecule has 24 heavy (non-hydrogen) atoms. The topological polar surface area (TPSA) is 81.4 Å². The van der Waals surface area contributed by atoms with E-state index in [1.807, 2.05) is 0 Å². The van der Waals surface area contributed by atoms with Crippen molar-refractivity contribution < 1.29 is 23.1 Å². The molecule has 0 aliphatic carbocycles. The third-order valence-electron chi connectivity index (χ3n) is 3.38. The van der Waals surface area contributed by atoms with E-state index in [9.17, 15) is 18.4 Å². The summed E-state index contributed by atoms with van der Waals surface area (Å²) in [7, 11) is 0. The number of nitrogen functional groups attached to an aromatic ring is 1. The number of carbonyl (C=O) groups is 2. The van der Waals surface area contributed by atoms with Gasteiger partial charge in [0.15, 0.2) is 6.10 Å². The number of carbonyl (C=O) groups excluding carboxylic acids is 2. The highest BCUT2D eigenvalue weighted by Crippen LogP contribution is 2.19.